The van der Waals surface area contributed by atoms with E-state index in [2.05, 4.69) is 39.9 Å². The smallest absolute Gasteiger partial charge is 0.273 e. The number of hydrogen-bond donors (Lipinski definition) is 2. The summed E-state index contributed by atoms with van der Waals surface area (Å²) in [6.07, 6.45) is 5.25. The lowest BCUT2D eigenvalue weighted by Crippen LogP contribution is -2.57. The van der Waals surface area contributed by atoms with Crippen molar-refractivity contribution in [2.45, 2.75) is 30.8 Å². The molecule has 3 rings (SSSR count). The molecule has 1 aromatic heterocycles. The highest BCUT2D eigenvalue weighted by molar-refractivity contribution is 5.91. The van der Waals surface area contributed by atoms with E-state index in [1.807, 2.05) is 0 Å². The molecule has 0 atom stereocenters. The van der Waals surface area contributed by atoms with Crippen molar-refractivity contribution in [3.63, 3.8) is 0 Å². The summed E-state index contributed by atoms with van der Waals surface area (Å²) >= 11 is 0. The topological polar surface area (TPSA) is 75.1 Å². The van der Waals surface area contributed by atoms with E-state index in [0.717, 1.165) is 25.9 Å². The molecule has 1 saturated heterocycles. The summed E-state index contributed by atoms with van der Waals surface area (Å²) < 4.78 is 1.77. The van der Waals surface area contributed by atoms with Gasteiger partial charge in [0.15, 0.2) is 5.69 Å². The van der Waals surface area contributed by atoms with Crippen LogP contribution in [0.5, 0.6) is 0 Å². The largest absolute Gasteiger partial charge is 0.349 e. The number of likely N-dealkylation sites (N-methyl/N-ethyl adjacent to an activating group) is 1. The minimum absolute atomic E-state index is 0.128. The SMILES string of the molecule is CN(C)C1(CNC(=O)c2cn(C3CNC3)nn2)CCC1. The highest BCUT2D eigenvalue weighted by Gasteiger charge is 2.39. The minimum Gasteiger partial charge on any atom is -0.349 e. The van der Waals surface area contributed by atoms with Gasteiger partial charge in [0, 0.05) is 25.2 Å². The van der Waals surface area contributed by atoms with Gasteiger partial charge in [-0.15, -0.1) is 5.10 Å². The van der Waals surface area contributed by atoms with Crippen LogP contribution < -0.4 is 10.6 Å². The molecule has 1 saturated carbocycles. The molecule has 2 fully saturated rings. The Kier molecular flexibility index (Phi) is 3.47. The molecule has 7 heteroatoms. The molecule has 20 heavy (non-hydrogen) atoms. The van der Waals surface area contributed by atoms with E-state index in [4.69, 9.17) is 0 Å². The number of carbonyl (C=O) groups excluding carboxylic acids is 1. The van der Waals surface area contributed by atoms with Gasteiger partial charge in [0.1, 0.15) is 0 Å². The number of amides is 1. The second-order valence-corrected chi connectivity index (χ2v) is 6.05. The van der Waals surface area contributed by atoms with Crippen molar-refractivity contribution in [1.29, 1.82) is 0 Å². The van der Waals surface area contributed by atoms with E-state index in [9.17, 15) is 4.79 Å². The zero-order valence-corrected chi connectivity index (χ0v) is 12.1. The Morgan fingerprint density at radius 1 is 1.55 bits per heavy atom. The number of aromatic nitrogens is 3. The second kappa shape index (κ2) is 5.14. The third-order valence-corrected chi connectivity index (χ3v) is 4.69. The zero-order chi connectivity index (χ0) is 14.2. The normalized spacial score (nSPS) is 21.4. The van der Waals surface area contributed by atoms with Crippen LogP contribution in [0, 0.1) is 0 Å². The van der Waals surface area contributed by atoms with Crippen molar-refractivity contribution in [3.8, 4) is 0 Å². The first kappa shape index (κ1) is 13.5. The van der Waals surface area contributed by atoms with Gasteiger partial charge in [-0.1, -0.05) is 5.21 Å². The number of nitrogens with one attached hydrogen (secondary N) is 2. The average Bonchev–Trinajstić information content (AvgIpc) is 2.73. The van der Waals surface area contributed by atoms with Crippen molar-refractivity contribution in [2.24, 2.45) is 0 Å². The summed E-state index contributed by atoms with van der Waals surface area (Å²) in [5.74, 6) is -0.128. The van der Waals surface area contributed by atoms with E-state index in [1.54, 1.807) is 10.9 Å². The Morgan fingerprint density at radius 3 is 2.80 bits per heavy atom. The quantitative estimate of drug-likeness (QED) is 0.769. The van der Waals surface area contributed by atoms with Gasteiger partial charge in [0.25, 0.3) is 5.91 Å². The van der Waals surface area contributed by atoms with Gasteiger partial charge in [-0.25, -0.2) is 4.68 Å². The van der Waals surface area contributed by atoms with Gasteiger partial charge >= 0.3 is 0 Å². The van der Waals surface area contributed by atoms with Gasteiger partial charge in [0.05, 0.1) is 12.2 Å². The highest BCUT2D eigenvalue weighted by atomic mass is 16.2. The first-order valence-electron chi connectivity index (χ1n) is 7.19. The van der Waals surface area contributed by atoms with Gasteiger partial charge < -0.3 is 15.5 Å². The van der Waals surface area contributed by atoms with Crippen LogP contribution >= 0.6 is 0 Å². The van der Waals surface area contributed by atoms with Crippen molar-refractivity contribution in [3.05, 3.63) is 11.9 Å². The Morgan fingerprint density at radius 2 is 2.30 bits per heavy atom. The van der Waals surface area contributed by atoms with E-state index in [0.29, 0.717) is 18.3 Å². The maximum Gasteiger partial charge on any atom is 0.273 e. The third-order valence-electron chi connectivity index (χ3n) is 4.69. The predicted octanol–water partition coefficient (Wildman–Crippen LogP) is -0.363. The van der Waals surface area contributed by atoms with Crippen LogP contribution in [0.15, 0.2) is 6.20 Å². The van der Waals surface area contributed by atoms with E-state index < -0.39 is 0 Å². The Bertz CT molecular complexity index is 489. The number of rotatable bonds is 5. The van der Waals surface area contributed by atoms with E-state index in [-0.39, 0.29) is 11.4 Å². The molecule has 2 heterocycles. The first-order valence-corrected chi connectivity index (χ1v) is 7.19. The molecule has 0 unspecified atom stereocenters. The lowest BCUT2D eigenvalue weighted by Gasteiger charge is -2.47. The summed E-state index contributed by atoms with van der Waals surface area (Å²) in [5, 5.41) is 14.2. The van der Waals surface area contributed by atoms with Crippen LogP contribution in [0.2, 0.25) is 0 Å². The molecule has 0 radical (unpaired) electrons. The molecule has 2 aliphatic rings. The zero-order valence-electron chi connectivity index (χ0n) is 12.1. The van der Waals surface area contributed by atoms with Crippen LogP contribution in [-0.4, -0.2) is 65.1 Å². The van der Waals surface area contributed by atoms with Crippen LogP contribution in [0.25, 0.3) is 0 Å². The van der Waals surface area contributed by atoms with Crippen LogP contribution in [0.1, 0.15) is 35.8 Å². The fourth-order valence-electron chi connectivity index (χ4n) is 2.72. The molecule has 0 aromatic carbocycles. The van der Waals surface area contributed by atoms with Gasteiger partial charge in [-0.2, -0.15) is 0 Å². The third kappa shape index (κ3) is 2.31. The Balaban J connectivity index is 1.57. The Hall–Kier alpha value is -1.47. The average molecular weight is 278 g/mol. The minimum atomic E-state index is -0.128. The van der Waals surface area contributed by atoms with Crippen molar-refractivity contribution < 1.29 is 4.79 Å². The lowest BCUT2D eigenvalue weighted by molar-refractivity contribution is 0.0556. The molecule has 0 spiro atoms. The summed E-state index contributed by atoms with van der Waals surface area (Å²) in [4.78, 5) is 14.4. The van der Waals surface area contributed by atoms with Gasteiger partial charge in [0.2, 0.25) is 0 Å². The van der Waals surface area contributed by atoms with E-state index in [1.165, 1.54) is 6.42 Å². The Labute approximate surface area is 118 Å². The van der Waals surface area contributed by atoms with Crippen LogP contribution in [-0.2, 0) is 0 Å². The molecule has 1 amide bonds. The highest BCUT2D eigenvalue weighted by Crippen LogP contribution is 2.35. The summed E-state index contributed by atoms with van der Waals surface area (Å²) in [5.41, 5.74) is 0.536. The molecule has 1 aliphatic carbocycles. The standard InChI is InChI=1S/C13H22N6O/c1-18(2)13(4-3-5-13)9-15-12(20)11-8-19(17-16-11)10-6-14-7-10/h8,10,14H,3-7,9H2,1-2H3,(H,15,20). The van der Waals surface area contributed by atoms with Crippen LogP contribution in [0.3, 0.4) is 0 Å². The van der Waals surface area contributed by atoms with Gasteiger partial charge in [-0.3, -0.25) is 4.79 Å². The fraction of sp³-hybridized carbons (Fsp3) is 0.769. The number of nitrogens with zero attached hydrogens (tertiary/aromatic N) is 4. The molecule has 7 nitrogen and oxygen atoms in total. The predicted molar refractivity (Wildman–Crippen MR) is 74.5 cm³/mol. The molecule has 0 bridgehead atoms. The summed E-state index contributed by atoms with van der Waals surface area (Å²) in [6, 6.07) is 0.337. The number of hydrogen-bond acceptors (Lipinski definition) is 5. The fourth-order valence-corrected chi connectivity index (χ4v) is 2.72. The molecule has 110 valence electrons. The first-order chi connectivity index (χ1) is 9.61. The maximum atomic E-state index is 12.1. The van der Waals surface area contributed by atoms with Crippen LogP contribution in [0.4, 0.5) is 0 Å². The molecular formula is C13H22N6O. The molecule has 2 N–H and O–H groups in total. The second-order valence-electron chi connectivity index (χ2n) is 6.05. The molecule has 1 aliphatic heterocycles. The molecule has 1 aromatic rings. The van der Waals surface area contributed by atoms with Crippen molar-refractivity contribution in [2.75, 3.05) is 33.7 Å². The number of carbonyl (C=O) groups is 1. The lowest BCUT2D eigenvalue weighted by atomic mass is 9.75. The maximum absolute atomic E-state index is 12.1. The summed E-state index contributed by atoms with van der Waals surface area (Å²) in [6.45, 7) is 2.47. The summed E-state index contributed by atoms with van der Waals surface area (Å²) in [7, 11) is 4.15. The van der Waals surface area contributed by atoms with Crippen molar-refractivity contribution >= 4 is 5.91 Å². The monoisotopic (exact) mass is 278 g/mol. The van der Waals surface area contributed by atoms with Crippen molar-refractivity contribution in [1.82, 2.24) is 30.5 Å². The molecular weight excluding hydrogens is 256 g/mol. The van der Waals surface area contributed by atoms with Gasteiger partial charge in [-0.05, 0) is 33.4 Å². The van der Waals surface area contributed by atoms with E-state index >= 15 is 0 Å².